The van der Waals surface area contributed by atoms with E-state index >= 15 is 0 Å². The van der Waals surface area contributed by atoms with Crippen molar-refractivity contribution in [3.05, 3.63) is 81.9 Å². The molecule has 256 valence electrons. The van der Waals surface area contributed by atoms with Crippen molar-refractivity contribution in [2.45, 2.75) is 59.5 Å². The summed E-state index contributed by atoms with van der Waals surface area (Å²) in [5, 5.41) is 12.8. The van der Waals surface area contributed by atoms with E-state index in [2.05, 4.69) is 20.0 Å². The van der Waals surface area contributed by atoms with Crippen LogP contribution in [0.1, 0.15) is 53.9 Å². The predicted octanol–water partition coefficient (Wildman–Crippen LogP) is 7.50. The molecule has 49 heavy (non-hydrogen) atoms. The summed E-state index contributed by atoms with van der Waals surface area (Å²) in [6.45, 7) is 4.37. The first-order valence-electron chi connectivity index (χ1n) is 15.5. The molecular weight excluding hydrogens is 660 g/mol. The molecule has 2 aromatic heterocycles. The molecule has 0 fully saturated rings. The van der Waals surface area contributed by atoms with Gasteiger partial charge in [0.1, 0.15) is 16.9 Å². The number of nitrogens with zero attached hydrogens (tertiary/aromatic N) is 4. The molecule has 0 saturated heterocycles. The zero-order valence-electron chi connectivity index (χ0n) is 27.4. The number of aliphatic hydroxyl groups is 1. The fraction of sp³-hybridized carbons (Fsp3) is 0.314. The number of halogens is 3. The van der Waals surface area contributed by atoms with E-state index < -0.39 is 30.8 Å². The monoisotopic (exact) mass is 693 g/mol. The molecule has 0 unspecified atom stereocenters. The number of carbonyl (C=O) groups excluding carboxylic acids is 2. The van der Waals surface area contributed by atoms with Crippen LogP contribution >= 0.6 is 11.6 Å². The molecule has 2 amide bonds. The molecule has 0 aliphatic carbocycles. The van der Waals surface area contributed by atoms with Crippen molar-refractivity contribution >= 4 is 40.4 Å². The van der Waals surface area contributed by atoms with Crippen LogP contribution in [-0.2, 0) is 31.4 Å². The highest BCUT2D eigenvalue weighted by atomic mass is 35.5. The van der Waals surface area contributed by atoms with Crippen molar-refractivity contribution in [3.8, 4) is 28.3 Å². The van der Waals surface area contributed by atoms with Gasteiger partial charge >= 0.3 is 12.7 Å². The molecule has 5 aromatic rings. The molecule has 0 bridgehead atoms. The van der Waals surface area contributed by atoms with Crippen LogP contribution in [0.25, 0.3) is 33.7 Å². The SMILES string of the molecule is Cc1c(-c2nc3cc(CO)c(OC(F)F)cc3o2)cccc1-c1cccc(NC(=O)c2nc3c(n2C)CCN(C(=O)OC(C)(C)C)C3)c1Cl. The maximum Gasteiger partial charge on any atom is 0.410 e. The van der Waals surface area contributed by atoms with Gasteiger partial charge in [-0.2, -0.15) is 8.78 Å². The second-order valence-electron chi connectivity index (χ2n) is 12.6. The number of aromatic nitrogens is 3. The third-order valence-electron chi connectivity index (χ3n) is 8.17. The number of nitrogens with one attached hydrogen (secondary N) is 1. The fourth-order valence-corrected chi connectivity index (χ4v) is 6.11. The van der Waals surface area contributed by atoms with Crippen LogP contribution < -0.4 is 10.1 Å². The van der Waals surface area contributed by atoms with Crippen molar-refractivity contribution in [3.63, 3.8) is 0 Å². The third kappa shape index (κ3) is 6.81. The number of hydrogen-bond acceptors (Lipinski definition) is 8. The standard InChI is InChI=1S/C35H34ClF2N5O6/c1-18-20(8-6-9-21(18)32-41-24-14-19(17-44)27(48-33(37)38)15-28(24)47-32)22-10-7-11-23(29(22)36)40-31(45)30-39-25-16-43(13-12-26(25)42(30)5)34(46)49-35(2,3)4/h6-11,14-15,33,44H,12-13,16-17H2,1-5H3,(H,40,45). The normalized spacial score (nSPS) is 13.1. The lowest BCUT2D eigenvalue weighted by Crippen LogP contribution is -2.40. The quantitative estimate of drug-likeness (QED) is 0.179. The lowest BCUT2D eigenvalue weighted by molar-refractivity contribution is -0.0508. The summed E-state index contributed by atoms with van der Waals surface area (Å²) in [5.74, 6) is -0.249. The lowest BCUT2D eigenvalue weighted by atomic mass is 9.96. The maximum absolute atomic E-state index is 13.5. The van der Waals surface area contributed by atoms with Gasteiger partial charge in [-0.1, -0.05) is 35.9 Å². The number of alkyl halides is 2. The molecule has 0 atom stereocenters. The number of amides is 2. The van der Waals surface area contributed by atoms with E-state index in [0.29, 0.717) is 46.0 Å². The van der Waals surface area contributed by atoms with E-state index in [1.165, 1.54) is 12.1 Å². The first-order chi connectivity index (χ1) is 23.2. The summed E-state index contributed by atoms with van der Waals surface area (Å²) in [5.41, 5.74) is 4.72. The Morgan fingerprint density at radius 2 is 1.82 bits per heavy atom. The van der Waals surface area contributed by atoms with E-state index in [9.17, 15) is 23.5 Å². The summed E-state index contributed by atoms with van der Waals surface area (Å²) in [4.78, 5) is 36.9. The zero-order valence-corrected chi connectivity index (χ0v) is 28.2. The Hall–Kier alpha value is -5.01. The number of rotatable bonds is 7. The molecule has 1 aliphatic heterocycles. The van der Waals surface area contributed by atoms with Crippen LogP contribution in [0.3, 0.4) is 0 Å². The smallest absolute Gasteiger partial charge is 0.410 e. The maximum atomic E-state index is 13.5. The Balaban J connectivity index is 1.26. The highest BCUT2D eigenvalue weighted by Gasteiger charge is 2.30. The molecule has 14 heteroatoms. The Morgan fingerprint density at radius 3 is 2.53 bits per heavy atom. The Morgan fingerprint density at radius 1 is 1.10 bits per heavy atom. The summed E-state index contributed by atoms with van der Waals surface area (Å²) < 4.78 is 43.6. The van der Waals surface area contributed by atoms with Crippen LogP contribution in [0.15, 0.2) is 52.9 Å². The first-order valence-corrected chi connectivity index (χ1v) is 15.8. The van der Waals surface area contributed by atoms with Crippen LogP contribution in [-0.4, -0.2) is 55.3 Å². The number of hydrogen-bond donors (Lipinski definition) is 2. The zero-order chi connectivity index (χ0) is 35.2. The largest absolute Gasteiger partial charge is 0.444 e. The molecule has 0 radical (unpaired) electrons. The predicted molar refractivity (Wildman–Crippen MR) is 179 cm³/mol. The van der Waals surface area contributed by atoms with Gasteiger partial charge in [-0.05, 0) is 57.0 Å². The van der Waals surface area contributed by atoms with E-state index in [4.69, 9.17) is 20.8 Å². The van der Waals surface area contributed by atoms with E-state index in [0.717, 1.165) is 16.8 Å². The number of fused-ring (bicyclic) bond motifs is 2. The van der Waals surface area contributed by atoms with Crippen molar-refractivity contribution < 1.29 is 37.4 Å². The molecule has 3 heterocycles. The minimum absolute atomic E-state index is 0.150. The number of carbonyl (C=O) groups is 2. The number of imidazole rings is 1. The van der Waals surface area contributed by atoms with Gasteiger partial charge in [0.05, 0.1) is 29.6 Å². The molecule has 2 N–H and O–H groups in total. The third-order valence-corrected chi connectivity index (χ3v) is 8.58. The second-order valence-corrected chi connectivity index (χ2v) is 13.0. The highest BCUT2D eigenvalue weighted by molar-refractivity contribution is 6.36. The summed E-state index contributed by atoms with van der Waals surface area (Å²) in [6.07, 6.45) is 0.0863. The van der Waals surface area contributed by atoms with Gasteiger partial charge in [0.25, 0.3) is 5.91 Å². The van der Waals surface area contributed by atoms with Gasteiger partial charge in [0, 0.05) is 48.5 Å². The number of oxazole rings is 1. The van der Waals surface area contributed by atoms with Gasteiger partial charge < -0.3 is 33.8 Å². The molecular formula is C35H34ClF2N5O6. The molecule has 3 aromatic carbocycles. The van der Waals surface area contributed by atoms with Gasteiger partial charge in [-0.25, -0.2) is 14.8 Å². The van der Waals surface area contributed by atoms with Crippen molar-refractivity contribution in [1.82, 2.24) is 19.4 Å². The highest BCUT2D eigenvalue weighted by Crippen LogP contribution is 2.39. The summed E-state index contributed by atoms with van der Waals surface area (Å²) in [7, 11) is 1.76. The van der Waals surface area contributed by atoms with Gasteiger partial charge in [0.15, 0.2) is 11.4 Å². The van der Waals surface area contributed by atoms with E-state index in [1.54, 1.807) is 40.8 Å². The topological polar surface area (TPSA) is 132 Å². The van der Waals surface area contributed by atoms with Gasteiger partial charge in [-0.15, -0.1) is 0 Å². The average Bonchev–Trinajstić information content (AvgIpc) is 3.60. The Kier molecular flexibility index (Phi) is 9.07. The Labute approximate surface area is 285 Å². The first kappa shape index (κ1) is 33.9. The van der Waals surface area contributed by atoms with Crippen molar-refractivity contribution in [1.29, 1.82) is 0 Å². The molecule has 11 nitrogen and oxygen atoms in total. The fourth-order valence-electron chi connectivity index (χ4n) is 5.83. The molecule has 0 saturated carbocycles. The van der Waals surface area contributed by atoms with E-state index in [1.807, 2.05) is 39.8 Å². The lowest BCUT2D eigenvalue weighted by Gasteiger charge is -2.29. The van der Waals surface area contributed by atoms with Crippen LogP contribution in [0, 0.1) is 6.92 Å². The van der Waals surface area contributed by atoms with E-state index in [-0.39, 0.29) is 35.2 Å². The number of ether oxygens (including phenoxy) is 2. The second kappa shape index (κ2) is 13.1. The molecule has 0 spiro atoms. The summed E-state index contributed by atoms with van der Waals surface area (Å²) in [6, 6.07) is 13.5. The minimum Gasteiger partial charge on any atom is -0.444 e. The van der Waals surface area contributed by atoms with Crippen LogP contribution in [0.5, 0.6) is 5.75 Å². The molecule has 1 aliphatic rings. The Bertz CT molecular complexity index is 2090. The number of aliphatic hydroxyl groups excluding tert-OH is 1. The van der Waals surface area contributed by atoms with Gasteiger partial charge in [-0.3, -0.25) is 4.79 Å². The van der Waals surface area contributed by atoms with Crippen molar-refractivity contribution in [2.24, 2.45) is 7.05 Å². The minimum atomic E-state index is -3.07. The number of anilines is 1. The van der Waals surface area contributed by atoms with Crippen molar-refractivity contribution in [2.75, 3.05) is 11.9 Å². The van der Waals surface area contributed by atoms with Crippen LogP contribution in [0.4, 0.5) is 19.3 Å². The summed E-state index contributed by atoms with van der Waals surface area (Å²) >= 11 is 6.91. The molecule has 6 rings (SSSR count). The van der Waals surface area contributed by atoms with Crippen LogP contribution in [0.2, 0.25) is 5.02 Å². The average molecular weight is 694 g/mol. The van der Waals surface area contributed by atoms with Gasteiger partial charge in [0.2, 0.25) is 5.89 Å². The number of benzene rings is 3.